The summed E-state index contributed by atoms with van der Waals surface area (Å²) in [4.78, 5) is 11.7. The molecule has 1 aliphatic carbocycles. The summed E-state index contributed by atoms with van der Waals surface area (Å²) >= 11 is 0. The third kappa shape index (κ3) is 5.30. The second kappa shape index (κ2) is 6.57. The highest BCUT2D eigenvalue weighted by Gasteiger charge is 2.20. The molecule has 0 aliphatic heterocycles. The van der Waals surface area contributed by atoms with E-state index in [9.17, 15) is 4.79 Å². The minimum Gasteiger partial charge on any atom is -0.491 e. The van der Waals surface area contributed by atoms with Gasteiger partial charge in [0.2, 0.25) is 5.91 Å². The molecule has 0 saturated heterocycles. The Morgan fingerprint density at radius 3 is 2.58 bits per heavy atom. The SMILES string of the molecule is CC(C)Oc1ccc(NC(=O)CNCC2CC2)cc1. The zero-order chi connectivity index (χ0) is 13.7. The van der Waals surface area contributed by atoms with E-state index in [0.717, 1.165) is 23.9 Å². The van der Waals surface area contributed by atoms with Crippen LogP contribution in [0, 0.1) is 5.92 Å². The molecular formula is C15H22N2O2. The van der Waals surface area contributed by atoms with Crippen LogP contribution in [0.4, 0.5) is 5.69 Å². The summed E-state index contributed by atoms with van der Waals surface area (Å²) in [7, 11) is 0. The largest absolute Gasteiger partial charge is 0.491 e. The molecule has 19 heavy (non-hydrogen) atoms. The molecular weight excluding hydrogens is 240 g/mol. The van der Waals surface area contributed by atoms with Crippen LogP contribution in [0.1, 0.15) is 26.7 Å². The molecule has 1 fully saturated rings. The minimum absolute atomic E-state index is 0.00169. The smallest absolute Gasteiger partial charge is 0.238 e. The quantitative estimate of drug-likeness (QED) is 0.793. The molecule has 0 heterocycles. The Kier molecular flexibility index (Phi) is 4.80. The second-order valence-electron chi connectivity index (χ2n) is 5.31. The average molecular weight is 262 g/mol. The lowest BCUT2D eigenvalue weighted by Gasteiger charge is -2.10. The van der Waals surface area contributed by atoms with Crippen molar-refractivity contribution in [2.24, 2.45) is 5.92 Å². The van der Waals surface area contributed by atoms with Gasteiger partial charge in [0, 0.05) is 5.69 Å². The maximum absolute atomic E-state index is 11.7. The van der Waals surface area contributed by atoms with Gasteiger partial charge in [0.1, 0.15) is 5.75 Å². The Morgan fingerprint density at radius 2 is 2.00 bits per heavy atom. The van der Waals surface area contributed by atoms with Crippen molar-refractivity contribution in [3.05, 3.63) is 24.3 Å². The number of nitrogens with one attached hydrogen (secondary N) is 2. The molecule has 4 nitrogen and oxygen atoms in total. The van der Waals surface area contributed by atoms with E-state index >= 15 is 0 Å². The van der Waals surface area contributed by atoms with E-state index in [4.69, 9.17) is 4.74 Å². The molecule has 2 rings (SSSR count). The number of ether oxygens (including phenoxy) is 1. The van der Waals surface area contributed by atoms with Crippen molar-refractivity contribution in [3.8, 4) is 5.75 Å². The zero-order valence-electron chi connectivity index (χ0n) is 11.6. The van der Waals surface area contributed by atoms with E-state index < -0.39 is 0 Å². The van der Waals surface area contributed by atoms with Crippen LogP contribution in [-0.2, 0) is 4.79 Å². The van der Waals surface area contributed by atoms with Gasteiger partial charge in [0.05, 0.1) is 12.6 Å². The van der Waals surface area contributed by atoms with Gasteiger partial charge in [0.25, 0.3) is 0 Å². The van der Waals surface area contributed by atoms with E-state index in [1.54, 1.807) is 0 Å². The maximum Gasteiger partial charge on any atom is 0.238 e. The topological polar surface area (TPSA) is 50.4 Å². The van der Waals surface area contributed by atoms with Crippen molar-refractivity contribution in [1.29, 1.82) is 0 Å². The number of carbonyl (C=O) groups is 1. The number of hydrogen-bond donors (Lipinski definition) is 2. The van der Waals surface area contributed by atoms with Crippen LogP contribution in [0.25, 0.3) is 0 Å². The van der Waals surface area contributed by atoms with Gasteiger partial charge in [-0.2, -0.15) is 0 Å². The maximum atomic E-state index is 11.7. The molecule has 1 saturated carbocycles. The number of carbonyl (C=O) groups excluding carboxylic acids is 1. The lowest BCUT2D eigenvalue weighted by molar-refractivity contribution is -0.115. The summed E-state index contributed by atoms with van der Waals surface area (Å²) in [6, 6.07) is 7.45. The first-order valence-corrected chi connectivity index (χ1v) is 6.91. The molecule has 1 aromatic rings. The summed E-state index contributed by atoms with van der Waals surface area (Å²) in [5.74, 6) is 1.61. The molecule has 0 radical (unpaired) electrons. The predicted molar refractivity (Wildman–Crippen MR) is 76.4 cm³/mol. The third-order valence-electron chi connectivity index (χ3n) is 2.93. The van der Waals surface area contributed by atoms with E-state index in [-0.39, 0.29) is 12.0 Å². The van der Waals surface area contributed by atoms with E-state index in [2.05, 4.69) is 10.6 Å². The molecule has 0 bridgehead atoms. The monoisotopic (exact) mass is 262 g/mol. The fraction of sp³-hybridized carbons (Fsp3) is 0.533. The Morgan fingerprint density at radius 1 is 1.32 bits per heavy atom. The van der Waals surface area contributed by atoms with E-state index in [0.29, 0.717) is 6.54 Å². The highest BCUT2D eigenvalue weighted by molar-refractivity contribution is 5.92. The first-order valence-electron chi connectivity index (χ1n) is 6.91. The van der Waals surface area contributed by atoms with Gasteiger partial charge in [-0.1, -0.05) is 0 Å². The van der Waals surface area contributed by atoms with E-state index in [1.165, 1.54) is 12.8 Å². The Hall–Kier alpha value is -1.55. The van der Waals surface area contributed by atoms with Crippen molar-refractivity contribution in [2.75, 3.05) is 18.4 Å². The van der Waals surface area contributed by atoms with Gasteiger partial charge in [-0.25, -0.2) is 0 Å². The highest BCUT2D eigenvalue weighted by atomic mass is 16.5. The minimum atomic E-state index is -0.00169. The molecule has 2 N–H and O–H groups in total. The van der Waals surface area contributed by atoms with Crippen molar-refractivity contribution in [1.82, 2.24) is 5.32 Å². The molecule has 0 spiro atoms. The molecule has 0 aromatic heterocycles. The van der Waals surface area contributed by atoms with Crippen LogP contribution in [-0.4, -0.2) is 25.1 Å². The standard InChI is InChI=1S/C15H22N2O2/c1-11(2)19-14-7-5-13(6-8-14)17-15(18)10-16-9-12-3-4-12/h5-8,11-12,16H,3-4,9-10H2,1-2H3,(H,17,18). The second-order valence-corrected chi connectivity index (χ2v) is 5.31. The molecule has 1 amide bonds. The van der Waals surface area contributed by atoms with Crippen LogP contribution in [0.3, 0.4) is 0 Å². The van der Waals surface area contributed by atoms with Crippen LogP contribution in [0.2, 0.25) is 0 Å². The van der Waals surface area contributed by atoms with Gasteiger partial charge in [-0.15, -0.1) is 0 Å². The average Bonchev–Trinajstić information content (AvgIpc) is 3.15. The van der Waals surface area contributed by atoms with Crippen molar-refractivity contribution < 1.29 is 9.53 Å². The predicted octanol–water partition coefficient (Wildman–Crippen LogP) is 2.41. The molecule has 0 unspecified atom stereocenters. The summed E-state index contributed by atoms with van der Waals surface area (Å²) < 4.78 is 5.55. The van der Waals surface area contributed by atoms with Crippen molar-refractivity contribution in [3.63, 3.8) is 0 Å². The summed E-state index contributed by atoms with van der Waals surface area (Å²) in [5, 5.41) is 6.03. The Labute approximate surface area is 114 Å². The third-order valence-corrected chi connectivity index (χ3v) is 2.93. The highest BCUT2D eigenvalue weighted by Crippen LogP contribution is 2.27. The van der Waals surface area contributed by atoms with Gasteiger partial charge in [-0.3, -0.25) is 4.79 Å². The fourth-order valence-corrected chi connectivity index (χ4v) is 1.81. The molecule has 1 aromatic carbocycles. The molecule has 1 aliphatic rings. The molecule has 104 valence electrons. The van der Waals surface area contributed by atoms with Crippen molar-refractivity contribution in [2.45, 2.75) is 32.8 Å². The number of anilines is 1. The van der Waals surface area contributed by atoms with Gasteiger partial charge in [-0.05, 0) is 63.4 Å². The molecule has 4 heteroatoms. The van der Waals surface area contributed by atoms with Crippen LogP contribution < -0.4 is 15.4 Å². The van der Waals surface area contributed by atoms with E-state index in [1.807, 2.05) is 38.1 Å². The van der Waals surface area contributed by atoms with Gasteiger partial charge in [0.15, 0.2) is 0 Å². The lowest BCUT2D eigenvalue weighted by Crippen LogP contribution is -2.29. The Bertz CT molecular complexity index is 411. The normalized spacial score (nSPS) is 14.5. The lowest BCUT2D eigenvalue weighted by atomic mass is 10.3. The molecule has 0 atom stereocenters. The van der Waals surface area contributed by atoms with Crippen LogP contribution in [0.5, 0.6) is 5.75 Å². The number of amides is 1. The van der Waals surface area contributed by atoms with Crippen molar-refractivity contribution >= 4 is 11.6 Å². The summed E-state index contributed by atoms with van der Waals surface area (Å²) in [6.07, 6.45) is 2.75. The fourth-order valence-electron chi connectivity index (χ4n) is 1.81. The Balaban J connectivity index is 1.72. The summed E-state index contributed by atoms with van der Waals surface area (Å²) in [6.45, 7) is 5.30. The number of hydrogen-bond acceptors (Lipinski definition) is 3. The van der Waals surface area contributed by atoms with Gasteiger partial charge < -0.3 is 15.4 Å². The number of rotatable bonds is 7. The first-order chi connectivity index (χ1) is 9.13. The first kappa shape index (κ1) is 13.9. The summed E-state index contributed by atoms with van der Waals surface area (Å²) in [5.41, 5.74) is 0.800. The zero-order valence-corrected chi connectivity index (χ0v) is 11.6. The van der Waals surface area contributed by atoms with Gasteiger partial charge >= 0.3 is 0 Å². The van der Waals surface area contributed by atoms with Crippen LogP contribution >= 0.6 is 0 Å². The number of benzene rings is 1. The van der Waals surface area contributed by atoms with Crippen LogP contribution in [0.15, 0.2) is 24.3 Å².